The zero-order chi connectivity index (χ0) is 19.8. The smallest absolute Gasteiger partial charge is 0.193 e. The van der Waals surface area contributed by atoms with Crippen molar-refractivity contribution in [2.75, 3.05) is 53.5 Å². The Morgan fingerprint density at radius 3 is 2.63 bits per heavy atom. The molecule has 1 aliphatic heterocycles. The van der Waals surface area contributed by atoms with E-state index in [1.807, 2.05) is 27.9 Å². The third kappa shape index (κ3) is 5.87. The number of benzene rings is 1. The Hall–Kier alpha value is -1.73. The molecule has 1 N–H and O–H groups in total. The van der Waals surface area contributed by atoms with Gasteiger partial charge in [-0.05, 0) is 46.5 Å². The van der Waals surface area contributed by atoms with E-state index in [1.54, 1.807) is 4.90 Å². The first-order chi connectivity index (χ1) is 13.0. The van der Waals surface area contributed by atoms with Gasteiger partial charge in [0, 0.05) is 37.7 Å². The van der Waals surface area contributed by atoms with Crippen LogP contribution in [0.1, 0.15) is 31.9 Å². The number of aliphatic imine (C=N–C) groups is 1. The molecule has 1 aliphatic rings. The highest BCUT2D eigenvalue weighted by molar-refractivity contribution is 5.80. The number of nitrogens with zero attached hydrogens (tertiary/aromatic N) is 3. The van der Waals surface area contributed by atoms with Crippen LogP contribution in [0.25, 0.3) is 0 Å². The molecule has 2 unspecified atom stereocenters. The number of likely N-dealkylation sites (N-methyl/N-ethyl adjacent to an activating group) is 1. The highest BCUT2D eigenvalue weighted by Gasteiger charge is 2.26. The second-order valence-corrected chi connectivity index (χ2v) is 7.07. The summed E-state index contributed by atoms with van der Waals surface area (Å²) in [5, 5.41) is 3.31. The molecule has 0 bridgehead atoms. The first-order valence-electron chi connectivity index (χ1n) is 9.69. The lowest BCUT2D eigenvalue weighted by Crippen LogP contribution is -2.41. The number of ether oxygens (including phenoxy) is 1. The molecule has 7 heteroatoms. The molecule has 2 rings (SSSR count). The third-order valence-corrected chi connectivity index (χ3v) is 4.85. The van der Waals surface area contributed by atoms with Gasteiger partial charge in [0.1, 0.15) is 11.6 Å². The fourth-order valence-electron chi connectivity index (χ4n) is 3.39. The van der Waals surface area contributed by atoms with Crippen LogP contribution in [0.4, 0.5) is 8.78 Å². The number of likely N-dealkylation sites (tertiary alicyclic amines) is 1. The summed E-state index contributed by atoms with van der Waals surface area (Å²) < 4.78 is 34.0. The van der Waals surface area contributed by atoms with Gasteiger partial charge in [-0.1, -0.05) is 6.07 Å². The van der Waals surface area contributed by atoms with Gasteiger partial charge in [0.25, 0.3) is 0 Å². The summed E-state index contributed by atoms with van der Waals surface area (Å²) >= 11 is 0. The summed E-state index contributed by atoms with van der Waals surface area (Å²) in [5.74, 6) is 0.210. The molecule has 1 aromatic rings. The van der Waals surface area contributed by atoms with Crippen molar-refractivity contribution in [2.24, 2.45) is 10.9 Å². The van der Waals surface area contributed by atoms with Crippen LogP contribution >= 0.6 is 0 Å². The van der Waals surface area contributed by atoms with Gasteiger partial charge in [-0.3, -0.25) is 4.99 Å². The molecular weight excluding hydrogens is 350 g/mol. The van der Waals surface area contributed by atoms with Crippen LogP contribution in [0.2, 0.25) is 0 Å². The van der Waals surface area contributed by atoms with Crippen molar-refractivity contribution in [2.45, 2.75) is 26.3 Å². The zero-order valence-electron chi connectivity index (χ0n) is 16.8. The van der Waals surface area contributed by atoms with E-state index in [0.29, 0.717) is 5.92 Å². The van der Waals surface area contributed by atoms with Crippen LogP contribution in [0.5, 0.6) is 0 Å². The molecule has 0 amide bonds. The average Bonchev–Trinajstić information content (AvgIpc) is 3.09. The van der Waals surface area contributed by atoms with Gasteiger partial charge in [0.15, 0.2) is 5.96 Å². The van der Waals surface area contributed by atoms with Crippen molar-refractivity contribution >= 4 is 5.96 Å². The van der Waals surface area contributed by atoms with Crippen molar-refractivity contribution in [3.8, 4) is 0 Å². The third-order valence-electron chi connectivity index (χ3n) is 4.85. The molecule has 0 spiro atoms. The predicted molar refractivity (Wildman–Crippen MR) is 105 cm³/mol. The van der Waals surface area contributed by atoms with Crippen molar-refractivity contribution in [1.29, 1.82) is 0 Å². The molecular formula is C20H32F2N4O. The van der Waals surface area contributed by atoms with Crippen LogP contribution in [0, 0.1) is 17.6 Å². The lowest BCUT2D eigenvalue weighted by molar-refractivity contribution is 0.114. The van der Waals surface area contributed by atoms with E-state index in [0.717, 1.165) is 45.2 Å². The van der Waals surface area contributed by atoms with E-state index >= 15 is 0 Å². The molecule has 5 nitrogen and oxygen atoms in total. The van der Waals surface area contributed by atoms with Crippen LogP contribution in [0.15, 0.2) is 23.2 Å². The van der Waals surface area contributed by atoms with Gasteiger partial charge < -0.3 is 19.9 Å². The Kier molecular flexibility index (Phi) is 8.44. The van der Waals surface area contributed by atoms with E-state index in [9.17, 15) is 8.78 Å². The minimum absolute atomic E-state index is 0.0674. The number of guanidine groups is 1. The monoisotopic (exact) mass is 382 g/mol. The number of rotatable bonds is 8. The first kappa shape index (κ1) is 21.6. The van der Waals surface area contributed by atoms with Crippen molar-refractivity contribution in [3.63, 3.8) is 0 Å². The Bertz CT molecular complexity index is 604. The maximum atomic E-state index is 14.2. The Morgan fingerprint density at radius 2 is 2.04 bits per heavy atom. The maximum Gasteiger partial charge on any atom is 0.193 e. The molecule has 1 fully saturated rings. The summed E-state index contributed by atoms with van der Waals surface area (Å²) in [6, 6.07) is 3.50. The number of hydrogen-bond acceptors (Lipinski definition) is 3. The molecule has 1 saturated heterocycles. The summed E-state index contributed by atoms with van der Waals surface area (Å²) in [7, 11) is 3.62. The normalized spacial score (nSPS) is 19.0. The van der Waals surface area contributed by atoms with Crippen LogP contribution < -0.4 is 5.32 Å². The Morgan fingerprint density at radius 1 is 1.33 bits per heavy atom. The van der Waals surface area contributed by atoms with Gasteiger partial charge in [-0.15, -0.1) is 0 Å². The SMILES string of the molecule is CCNC(=NCC(c1c(F)cccc1F)N(C)C)N1CCC(COCC)C1. The fourth-order valence-corrected chi connectivity index (χ4v) is 3.39. The Labute approximate surface area is 161 Å². The van der Waals surface area contributed by atoms with Gasteiger partial charge in [-0.2, -0.15) is 0 Å². The standard InChI is InChI=1S/C20H32F2N4O/c1-5-23-20(26-11-10-15(13-26)14-27-6-2)24-12-18(25(3)4)19-16(21)8-7-9-17(19)22/h7-9,15,18H,5-6,10-14H2,1-4H3,(H,23,24). The Balaban J connectivity index is 2.14. The van der Waals surface area contributed by atoms with Crippen molar-refractivity contribution in [3.05, 3.63) is 35.4 Å². The molecule has 0 aromatic heterocycles. The molecule has 27 heavy (non-hydrogen) atoms. The minimum Gasteiger partial charge on any atom is -0.381 e. The van der Waals surface area contributed by atoms with E-state index < -0.39 is 17.7 Å². The minimum atomic E-state index is -0.535. The maximum absolute atomic E-state index is 14.2. The van der Waals surface area contributed by atoms with Crippen molar-refractivity contribution < 1.29 is 13.5 Å². The lowest BCUT2D eigenvalue weighted by atomic mass is 10.0. The average molecular weight is 382 g/mol. The highest BCUT2D eigenvalue weighted by atomic mass is 19.1. The molecule has 0 aliphatic carbocycles. The molecule has 152 valence electrons. The summed E-state index contributed by atoms with van der Waals surface area (Å²) in [4.78, 5) is 8.71. The zero-order valence-corrected chi connectivity index (χ0v) is 16.8. The molecule has 0 radical (unpaired) electrons. The summed E-state index contributed by atoms with van der Waals surface area (Å²) in [6.45, 7) is 8.31. The quantitative estimate of drug-likeness (QED) is 0.554. The largest absolute Gasteiger partial charge is 0.381 e. The fraction of sp³-hybridized carbons (Fsp3) is 0.650. The first-order valence-corrected chi connectivity index (χ1v) is 9.69. The molecule has 1 aromatic carbocycles. The van der Waals surface area contributed by atoms with E-state index in [2.05, 4.69) is 10.2 Å². The van der Waals surface area contributed by atoms with Gasteiger partial charge in [0.05, 0.1) is 19.2 Å². The van der Waals surface area contributed by atoms with Crippen LogP contribution in [-0.2, 0) is 4.74 Å². The van der Waals surface area contributed by atoms with Crippen LogP contribution in [-0.4, -0.2) is 69.2 Å². The van der Waals surface area contributed by atoms with Gasteiger partial charge in [-0.25, -0.2) is 8.78 Å². The topological polar surface area (TPSA) is 40.1 Å². The summed E-state index contributed by atoms with van der Waals surface area (Å²) in [5.41, 5.74) is 0.0674. The highest BCUT2D eigenvalue weighted by Crippen LogP contribution is 2.25. The molecule has 2 atom stereocenters. The molecule has 1 heterocycles. The van der Waals surface area contributed by atoms with Crippen LogP contribution in [0.3, 0.4) is 0 Å². The lowest BCUT2D eigenvalue weighted by Gasteiger charge is -2.26. The van der Waals surface area contributed by atoms with Crippen molar-refractivity contribution in [1.82, 2.24) is 15.1 Å². The predicted octanol–water partition coefficient (Wildman–Crippen LogP) is 2.89. The summed E-state index contributed by atoms with van der Waals surface area (Å²) in [6.07, 6.45) is 1.06. The van der Waals surface area contributed by atoms with E-state index in [4.69, 9.17) is 9.73 Å². The number of hydrogen-bond donors (Lipinski definition) is 1. The molecule has 0 saturated carbocycles. The number of halogens is 2. The van der Waals surface area contributed by atoms with E-state index in [1.165, 1.54) is 18.2 Å². The second kappa shape index (κ2) is 10.6. The van der Waals surface area contributed by atoms with E-state index in [-0.39, 0.29) is 12.1 Å². The number of nitrogens with one attached hydrogen (secondary N) is 1. The van der Waals surface area contributed by atoms with Gasteiger partial charge in [0.2, 0.25) is 0 Å². The second-order valence-electron chi connectivity index (χ2n) is 7.07. The van der Waals surface area contributed by atoms with Gasteiger partial charge >= 0.3 is 0 Å².